The lowest BCUT2D eigenvalue weighted by Gasteiger charge is -2.38. The van der Waals surface area contributed by atoms with Crippen molar-refractivity contribution in [2.75, 3.05) is 11.9 Å². The van der Waals surface area contributed by atoms with E-state index < -0.39 is 0 Å². The topological polar surface area (TPSA) is 50.4 Å². The molecule has 0 aromatic heterocycles. The second-order valence-corrected chi connectivity index (χ2v) is 8.03. The van der Waals surface area contributed by atoms with E-state index in [4.69, 9.17) is 4.74 Å². The quantitative estimate of drug-likeness (QED) is 0.646. The number of rotatable bonds is 6. The number of benzene rings is 2. The summed E-state index contributed by atoms with van der Waals surface area (Å²) in [4.78, 5) is 13.0. The van der Waals surface area contributed by atoms with Gasteiger partial charge in [0, 0.05) is 12.0 Å². The highest BCUT2D eigenvalue weighted by atomic mass is 16.5. The van der Waals surface area contributed by atoms with Crippen molar-refractivity contribution >= 4 is 11.6 Å². The molecule has 4 unspecified atom stereocenters. The summed E-state index contributed by atoms with van der Waals surface area (Å²) in [6.07, 6.45) is 6.54. The van der Waals surface area contributed by atoms with Gasteiger partial charge in [0.25, 0.3) is 5.91 Å². The lowest BCUT2D eigenvalue weighted by Crippen LogP contribution is -2.35. The van der Waals surface area contributed by atoms with Crippen LogP contribution in [0.4, 0.5) is 5.69 Å². The van der Waals surface area contributed by atoms with Crippen LogP contribution in [0.1, 0.15) is 67.1 Å². The number of hydrogen-bond acceptors (Lipinski definition) is 3. The van der Waals surface area contributed by atoms with Gasteiger partial charge in [-0.05, 0) is 61.9 Å². The number of para-hydroxylation sites is 1. The summed E-state index contributed by atoms with van der Waals surface area (Å²) in [6, 6.07) is 14.8. The number of hydrogen-bond donors (Lipinski definition) is 2. The summed E-state index contributed by atoms with van der Waals surface area (Å²) >= 11 is 0. The van der Waals surface area contributed by atoms with Gasteiger partial charge in [0.15, 0.2) is 0 Å². The summed E-state index contributed by atoms with van der Waals surface area (Å²) in [5.74, 6) is 1.67. The van der Waals surface area contributed by atoms with Crippen LogP contribution < -0.4 is 15.4 Å². The minimum absolute atomic E-state index is 0.00503. The van der Waals surface area contributed by atoms with Crippen LogP contribution >= 0.6 is 0 Å². The Kier molecular flexibility index (Phi) is 5.61. The highest BCUT2D eigenvalue weighted by Crippen LogP contribution is 2.50. The van der Waals surface area contributed by atoms with Gasteiger partial charge < -0.3 is 15.4 Å². The molecule has 1 heterocycles. The first-order valence-corrected chi connectivity index (χ1v) is 10.7. The van der Waals surface area contributed by atoms with Crippen LogP contribution in [0.3, 0.4) is 0 Å². The normalized spacial score (nSPS) is 22.9. The maximum atomic E-state index is 13.0. The molecule has 0 radical (unpaired) electrons. The van der Waals surface area contributed by atoms with E-state index in [1.165, 1.54) is 11.1 Å². The van der Waals surface area contributed by atoms with Crippen molar-refractivity contribution < 1.29 is 9.53 Å². The van der Waals surface area contributed by atoms with Gasteiger partial charge in [-0.3, -0.25) is 4.79 Å². The van der Waals surface area contributed by atoms with Gasteiger partial charge in [0.2, 0.25) is 0 Å². The van der Waals surface area contributed by atoms with Crippen molar-refractivity contribution in [3.05, 3.63) is 71.3 Å². The Morgan fingerprint density at radius 2 is 2.00 bits per heavy atom. The minimum Gasteiger partial charge on any atom is -0.494 e. The lowest BCUT2D eigenvalue weighted by molar-refractivity contribution is 0.0939. The molecule has 2 aromatic carbocycles. The zero-order valence-corrected chi connectivity index (χ0v) is 17.4. The Hall–Kier alpha value is -2.75. The van der Waals surface area contributed by atoms with E-state index in [2.05, 4.69) is 47.9 Å². The van der Waals surface area contributed by atoms with Crippen molar-refractivity contribution in [3.8, 4) is 5.75 Å². The number of fused-ring (bicyclic) bond motifs is 3. The Labute approximate surface area is 173 Å². The van der Waals surface area contributed by atoms with Crippen LogP contribution in [0.15, 0.2) is 54.6 Å². The average Bonchev–Trinajstić information content (AvgIpc) is 3.23. The van der Waals surface area contributed by atoms with Crippen molar-refractivity contribution in [2.45, 2.75) is 51.6 Å². The third-order valence-electron chi connectivity index (χ3n) is 6.18. The third-order valence-corrected chi connectivity index (χ3v) is 6.18. The molecule has 4 heteroatoms. The lowest BCUT2D eigenvalue weighted by atomic mass is 9.76. The molecule has 1 aliphatic carbocycles. The summed E-state index contributed by atoms with van der Waals surface area (Å²) in [6.45, 7) is 6.78. The van der Waals surface area contributed by atoms with Gasteiger partial charge in [0.05, 0.1) is 23.9 Å². The van der Waals surface area contributed by atoms with E-state index in [1.54, 1.807) is 0 Å². The summed E-state index contributed by atoms with van der Waals surface area (Å²) in [7, 11) is 0. The van der Waals surface area contributed by atoms with E-state index in [9.17, 15) is 4.79 Å². The number of nitrogens with one attached hydrogen (secondary N) is 2. The molecule has 0 bridgehead atoms. The monoisotopic (exact) mass is 390 g/mol. The summed E-state index contributed by atoms with van der Waals surface area (Å²) in [5, 5.41) is 6.85. The Bertz CT molecular complexity index is 904. The predicted octanol–water partition coefficient (Wildman–Crippen LogP) is 5.44. The second kappa shape index (κ2) is 8.32. The number of ether oxygens (including phenoxy) is 1. The SMILES string of the molecule is CCOc1ccc(C2Nc3c(C(=O)NC(C)CC)cccc3C3C=CCC32)cc1. The Morgan fingerprint density at radius 3 is 2.72 bits per heavy atom. The molecule has 0 saturated carbocycles. The van der Waals surface area contributed by atoms with E-state index in [1.807, 2.05) is 38.1 Å². The van der Waals surface area contributed by atoms with Gasteiger partial charge in [-0.25, -0.2) is 0 Å². The summed E-state index contributed by atoms with van der Waals surface area (Å²) in [5.41, 5.74) is 4.16. The Balaban J connectivity index is 1.69. The fourth-order valence-corrected chi connectivity index (χ4v) is 4.48. The van der Waals surface area contributed by atoms with E-state index in [-0.39, 0.29) is 18.0 Å². The second-order valence-electron chi connectivity index (χ2n) is 8.03. The molecule has 4 atom stereocenters. The molecule has 0 saturated heterocycles. The zero-order chi connectivity index (χ0) is 20.4. The molecule has 29 heavy (non-hydrogen) atoms. The molecule has 2 N–H and O–H groups in total. The number of carbonyl (C=O) groups excluding carboxylic acids is 1. The van der Waals surface area contributed by atoms with Gasteiger partial charge in [-0.1, -0.05) is 43.3 Å². The fraction of sp³-hybridized carbons (Fsp3) is 0.400. The maximum absolute atomic E-state index is 13.0. The van der Waals surface area contributed by atoms with Crippen LogP contribution in [-0.2, 0) is 0 Å². The first-order valence-electron chi connectivity index (χ1n) is 10.7. The molecule has 4 nitrogen and oxygen atoms in total. The number of amides is 1. The van der Waals surface area contributed by atoms with Gasteiger partial charge in [0.1, 0.15) is 5.75 Å². The maximum Gasteiger partial charge on any atom is 0.253 e. The zero-order valence-electron chi connectivity index (χ0n) is 17.4. The van der Waals surface area contributed by atoms with E-state index in [0.29, 0.717) is 18.4 Å². The third kappa shape index (κ3) is 3.76. The minimum atomic E-state index is -0.00503. The molecule has 0 fully saturated rings. The van der Waals surface area contributed by atoms with E-state index >= 15 is 0 Å². The Morgan fingerprint density at radius 1 is 1.21 bits per heavy atom. The van der Waals surface area contributed by atoms with Gasteiger partial charge >= 0.3 is 0 Å². The first kappa shape index (κ1) is 19.6. The van der Waals surface area contributed by atoms with Gasteiger partial charge in [-0.15, -0.1) is 0 Å². The first-order chi connectivity index (χ1) is 14.1. The molecule has 0 spiro atoms. The van der Waals surface area contributed by atoms with Crippen molar-refractivity contribution in [1.29, 1.82) is 0 Å². The molecule has 2 aromatic rings. The van der Waals surface area contributed by atoms with Crippen LogP contribution in [0.5, 0.6) is 5.75 Å². The highest BCUT2D eigenvalue weighted by molar-refractivity contribution is 6.01. The predicted molar refractivity (Wildman–Crippen MR) is 118 cm³/mol. The standard InChI is InChI=1S/C25H30N2O2/c1-4-16(3)26-25(28)22-11-7-10-21-19-8-6-9-20(19)23(27-24(21)22)17-12-14-18(15-13-17)29-5-2/h6-8,10-16,19-20,23,27H,4-5,9H2,1-3H3,(H,26,28). The molecule has 4 rings (SSSR count). The van der Waals surface area contributed by atoms with Crippen molar-refractivity contribution in [3.63, 3.8) is 0 Å². The number of carbonyl (C=O) groups is 1. The summed E-state index contributed by atoms with van der Waals surface area (Å²) < 4.78 is 5.60. The van der Waals surface area contributed by atoms with Crippen LogP contribution in [-0.4, -0.2) is 18.6 Å². The molecular formula is C25H30N2O2. The van der Waals surface area contributed by atoms with Crippen LogP contribution in [0.25, 0.3) is 0 Å². The molecular weight excluding hydrogens is 360 g/mol. The highest BCUT2D eigenvalue weighted by Gasteiger charge is 2.39. The van der Waals surface area contributed by atoms with Crippen molar-refractivity contribution in [2.24, 2.45) is 5.92 Å². The number of allylic oxidation sites excluding steroid dienone is 2. The smallest absolute Gasteiger partial charge is 0.253 e. The largest absolute Gasteiger partial charge is 0.494 e. The molecule has 1 aliphatic heterocycles. The fourth-order valence-electron chi connectivity index (χ4n) is 4.48. The van der Waals surface area contributed by atoms with Crippen LogP contribution in [0.2, 0.25) is 0 Å². The molecule has 2 aliphatic rings. The molecule has 152 valence electrons. The van der Waals surface area contributed by atoms with Gasteiger partial charge in [-0.2, -0.15) is 0 Å². The van der Waals surface area contributed by atoms with Crippen molar-refractivity contribution in [1.82, 2.24) is 5.32 Å². The average molecular weight is 391 g/mol. The van der Waals surface area contributed by atoms with Crippen LogP contribution in [0, 0.1) is 5.92 Å². The number of anilines is 1. The van der Waals surface area contributed by atoms with E-state index in [0.717, 1.165) is 29.8 Å². The molecule has 1 amide bonds.